The van der Waals surface area contributed by atoms with Gasteiger partial charge in [-0.2, -0.15) is 0 Å². The Morgan fingerprint density at radius 1 is 1.41 bits per heavy atom. The molecular formula is C12H12BrNOS2. The third kappa shape index (κ3) is 3.18. The predicted octanol–water partition coefficient (Wildman–Crippen LogP) is 4.23. The van der Waals surface area contributed by atoms with E-state index in [9.17, 15) is 4.79 Å². The quantitative estimate of drug-likeness (QED) is 0.821. The minimum Gasteiger partial charge on any atom is -0.333 e. The number of halogens is 1. The first-order valence-corrected chi connectivity index (χ1v) is 7.76. The van der Waals surface area contributed by atoms with Crippen LogP contribution in [0, 0.1) is 0 Å². The second-order valence-corrected chi connectivity index (χ2v) is 7.00. The monoisotopic (exact) mass is 329 g/mol. The van der Waals surface area contributed by atoms with Crippen LogP contribution in [-0.2, 0) is 6.54 Å². The molecule has 0 bridgehead atoms. The van der Waals surface area contributed by atoms with Gasteiger partial charge >= 0.3 is 0 Å². The van der Waals surface area contributed by atoms with E-state index in [1.165, 1.54) is 16.2 Å². The van der Waals surface area contributed by atoms with E-state index in [0.29, 0.717) is 6.54 Å². The fraction of sp³-hybridized carbons (Fsp3) is 0.250. The number of hydrogen-bond acceptors (Lipinski definition) is 3. The SMILES string of the molecule is CCN(Cc1ccc(Br)s1)C(=O)c1cccs1. The molecule has 0 aromatic carbocycles. The predicted molar refractivity (Wildman–Crippen MR) is 76.8 cm³/mol. The Labute approximate surface area is 117 Å². The number of carbonyl (C=O) groups excluding carboxylic acids is 1. The third-order valence-electron chi connectivity index (χ3n) is 2.38. The molecular weight excluding hydrogens is 318 g/mol. The molecule has 1 amide bonds. The second-order valence-electron chi connectivity index (χ2n) is 3.50. The molecule has 2 aromatic rings. The minimum atomic E-state index is 0.118. The summed E-state index contributed by atoms with van der Waals surface area (Å²) in [6, 6.07) is 7.86. The highest BCUT2D eigenvalue weighted by molar-refractivity contribution is 9.11. The maximum atomic E-state index is 12.2. The molecule has 5 heteroatoms. The van der Waals surface area contributed by atoms with Crippen molar-refractivity contribution < 1.29 is 4.79 Å². The Morgan fingerprint density at radius 2 is 2.24 bits per heavy atom. The van der Waals surface area contributed by atoms with Crippen LogP contribution >= 0.6 is 38.6 Å². The topological polar surface area (TPSA) is 20.3 Å². The van der Waals surface area contributed by atoms with Crippen molar-refractivity contribution in [2.24, 2.45) is 0 Å². The third-order valence-corrected chi connectivity index (χ3v) is 4.84. The Morgan fingerprint density at radius 3 is 2.76 bits per heavy atom. The van der Waals surface area contributed by atoms with Crippen molar-refractivity contribution in [1.82, 2.24) is 4.90 Å². The lowest BCUT2D eigenvalue weighted by Gasteiger charge is -2.19. The van der Waals surface area contributed by atoms with Crippen LogP contribution in [0.4, 0.5) is 0 Å². The van der Waals surface area contributed by atoms with Crippen LogP contribution in [0.25, 0.3) is 0 Å². The molecule has 2 heterocycles. The van der Waals surface area contributed by atoms with Crippen molar-refractivity contribution in [2.45, 2.75) is 13.5 Å². The normalized spacial score (nSPS) is 10.5. The van der Waals surface area contributed by atoms with E-state index in [1.807, 2.05) is 35.4 Å². The zero-order chi connectivity index (χ0) is 12.3. The summed E-state index contributed by atoms with van der Waals surface area (Å²) in [7, 11) is 0. The standard InChI is InChI=1S/C12H12BrNOS2/c1-2-14(8-9-5-6-11(13)17-9)12(15)10-4-3-7-16-10/h3-7H,2,8H2,1H3. The summed E-state index contributed by atoms with van der Waals surface area (Å²) in [5.74, 6) is 0.118. The van der Waals surface area contributed by atoms with E-state index in [1.54, 1.807) is 11.3 Å². The zero-order valence-electron chi connectivity index (χ0n) is 9.35. The van der Waals surface area contributed by atoms with Crippen LogP contribution in [0.15, 0.2) is 33.4 Å². The number of rotatable bonds is 4. The van der Waals surface area contributed by atoms with Gasteiger partial charge < -0.3 is 4.90 Å². The molecule has 0 spiro atoms. The molecule has 0 unspecified atom stereocenters. The molecule has 0 saturated carbocycles. The molecule has 17 heavy (non-hydrogen) atoms. The molecule has 2 rings (SSSR count). The summed E-state index contributed by atoms with van der Waals surface area (Å²) in [5.41, 5.74) is 0. The average molecular weight is 330 g/mol. The first kappa shape index (κ1) is 12.8. The van der Waals surface area contributed by atoms with E-state index < -0.39 is 0 Å². The molecule has 2 nitrogen and oxygen atoms in total. The number of amides is 1. The molecule has 0 radical (unpaired) electrons. The van der Waals surface area contributed by atoms with Gasteiger partial charge in [0, 0.05) is 11.4 Å². The molecule has 0 aliphatic carbocycles. The van der Waals surface area contributed by atoms with Gasteiger partial charge in [0.2, 0.25) is 0 Å². The lowest BCUT2D eigenvalue weighted by molar-refractivity contribution is 0.0759. The molecule has 0 N–H and O–H groups in total. The van der Waals surface area contributed by atoms with Crippen molar-refractivity contribution in [3.05, 3.63) is 43.2 Å². The lowest BCUT2D eigenvalue weighted by atomic mass is 10.3. The summed E-state index contributed by atoms with van der Waals surface area (Å²) in [4.78, 5) is 16.0. The summed E-state index contributed by atoms with van der Waals surface area (Å²) in [6.07, 6.45) is 0. The van der Waals surface area contributed by atoms with Crippen LogP contribution in [0.1, 0.15) is 21.5 Å². The number of thiophene rings is 2. The first-order chi connectivity index (χ1) is 8.20. The van der Waals surface area contributed by atoms with Gasteiger partial charge in [0.25, 0.3) is 5.91 Å². The van der Waals surface area contributed by atoms with Crippen molar-refractivity contribution in [3.63, 3.8) is 0 Å². The molecule has 90 valence electrons. The van der Waals surface area contributed by atoms with Crippen LogP contribution < -0.4 is 0 Å². The Kier molecular flexibility index (Phi) is 4.36. The van der Waals surface area contributed by atoms with Gasteiger partial charge in [0.1, 0.15) is 0 Å². The van der Waals surface area contributed by atoms with Gasteiger partial charge in [0.15, 0.2) is 0 Å². The highest BCUT2D eigenvalue weighted by Crippen LogP contribution is 2.24. The molecule has 0 aliphatic rings. The fourth-order valence-corrected chi connectivity index (χ4v) is 3.70. The largest absolute Gasteiger partial charge is 0.333 e. The molecule has 2 aromatic heterocycles. The molecule has 0 atom stereocenters. The van der Waals surface area contributed by atoms with E-state index >= 15 is 0 Å². The van der Waals surface area contributed by atoms with Gasteiger partial charge in [-0.15, -0.1) is 22.7 Å². The van der Waals surface area contributed by atoms with Crippen molar-refractivity contribution in [2.75, 3.05) is 6.54 Å². The Bertz CT molecular complexity index is 492. The maximum absolute atomic E-state index is 12.2. The van der Waals surface area contributed by atoms with Gasteiger partial charge in [-0.3, -0.25) is 4.79 Å². The Hall–Kier alpha value is -0.650. The lowest BCUT2D eigenvalue weighted by Crippen LogP contribution is -2.29. The zero-order valence-corrected chi connectivity index (χ0v) is 12.6. The molecule has 0 fully saturated rings. The summed E-state index contributed by atoms with van der Waals surface area (Å²) in [5, 5.41) is 1.93. The highest BCUT2D eigenvalue weighted by atomic mass is 79.9. The van der Waals surface area contributed by atoms with E-state index in [4.69, 9.17) is 0 Å². The maximum Gasteiger partial charge on any atom is 0.264 e. The van der Waals surface area contributed by atoms with Gasteiger partial charge in [-0.1, -0.05) is 6.07 Å². The van der Waals surface area contributed by atoms with Crippen molar-refractivity contribution in [1.29, 1.82) is 0 Å². The number of nitrogens with zero attached hydrogens (tertiary/aromatic N) is 1. The summed E-state index contributed by atoms with van der Waals surface area (Å²) < 4.78 is 1.10. The summed E-state index contributed by atoms with van der Waals surface area (Å²) in [6.45, 7) is 3.42. The van der Waals surface area contributed by atoms with Crippen molar-refractivity contribution in [3.8, 4) is 0 Å². The smallest absolute Gasteiger partial charge is 0.264 e. The van der Waals surface area contributed by atoms with Crippen LogP contribution in [-0.4, -0.2) is 17.4 Å². The van der Waals surface area contributed by atoms with Gasteiger partial charge in [-0.25, -0.2) is 0 Å². The highest BCUT2D eigenvalue weighted by Gasteiger charge is 2.15. The van der Waals surface area contributed by atoms with Gasteiger partial charge in [-0.05, 0) is 46.4 Å². The minimum absolute atomic E-state index is 0.118. The second kappa shape index (κ2) is 5.80. The van der Waals surface area contributed by atoms with Crippen molar-refractivity contribution >= 4 is 44.5 Å². The average Bonchev–Trinajstić information content (AvgIpc) is 2.96. The molecule has 0 saturated heterocycles. The number of hydrogen-bond donors (Lipinski definition) is 0. The van der Waals surface area contributed by atoms with E-state index in [2.05, 4.69) is 22.0 Å². The van der Waals surface area contributed by atoms with Gasteiger partial charge in [0.05, 0.1) is 15.2 Å². The number of carbonyl (C=O) groups is 1. The molecule has 0 aliphatic heterocycles. The van der Waals surface area contributed by atoms with Crippen LogP contribution in [0.2, 0.25) is 0 Å². The van der Waals surface area contributed by atoms with E-state index in [0.717, 1.165) is 15.2 Å². The van der Waals surface area contributed by atoms with Crippen LogP contribution in [0.5, 0.6) is 0 Å². The summed E-state index contributed by atoms with van der Waals surface area (Å²) >= 11 is 6.60. The Balaban J connectivity index is 2.09. The van der Waals surface area contributed by atoms with E-state index in [-0.39, 0.29) is 5.91 Å². The first-order valence-electron chi connectivity index (χ1n) is 5.27. The fourth-order valence-electron chi connectivity index (χ4n) is 1.51. The van der Waals surface area contributed by atoms with Crippen LogP contribution in [0.3, 0.4) is 0 Å².